The molecule has 0 heterocycles. The third-order valence-corrected chi connectivity index (χ3v) is 2.74. The zero-order valence-corrected chi connectivity index (χ0v) is 8.38. The topological polar surface area (TPSA) is 26.3 Å². The largest absolute Gasteiger partial charge is 0.575 e. The minimum atomic E-state index is -4.88. The van der Waals surface area contributed by atoms with E-state index in [0.29, 0.717) is 12.8 Å². The van der Waals surface area contributed by atoms with Crippen molar-refractivity contribution >= 4 is 5.97 Å². The summed E-state index contributed by atoms with van der Waals surface area (Å²) in [5, 5.41) is 0. The highest BCUT2D eigenvalue weighted by molar-refractivity contribution is 5.74. The molecule has 86 valence electrons. The molecule has 0 spiro atoms. The fourth-order valence-electron chi connectivity index (χ4n) is 2.00. The van der Waals surface area contributed by atoms with Gasteiger partial charge in [-0.3, -0.25) is 4.79 Å². The van der Waals surface area contributed by atoms with Gasteiger partial charge in [0.2, 0.25) is 0 Å². The highest BCUT2D eigenvalue weighted by Crippen LogP contribution is 2.39. The second kappa shape index (κ2) is 4.41. The molecule has 0 aromatic rings. The Morgan fingerprint density at radius 3 is 2.67 bits per heavy atom. The molecule has 3 unspecified atom stereocenters. The molecule has 3 atom stereocenters. The first-order chi connectivity index (χ1) is 6.85. The molecule has 1 saturated carbocycles. The third kappa shape index (κ3) is 3.11. The summed E-state index contributed by atoms with van der Waals surface area (Å²) in [6.45, 7) is 5.34. The molecule has 0 aliphatic heterocycles. The van der Waals surface area contributed by atoms with Gasteiger partial charge < -0.3 is 4.74 Å². The van der Waals surface area contributed by atoms with Crippen molar-refractivity contribution in [2.24, 2.45) is 17.8 Å². The molecule has 15 heavy (non-hydrogen) atoms. The number of carbonyl (C=O) groups excluding carboxylic acids is 1. The molecule has 1 rings (SSSR count). The van der Waals surface area contributed by atoms with Crippen LogP contribution in [0, 0.1) is 31.1 Å². The van der Waals surface area contributed by atoms with Crippen LogP contribution in [0.1, 0.15) is 19.8 Å². The highest BCUT2D eigenvalue weighted by Gasteiger charge is 2.43. The van der Waals surface area contributed by atoms with Crippen LogP contribution < -0.4 is 0 Å². The Balaban J connectivity index is 2.64. The van der Waals surface area contributed by atoms with Gasteiger partial charge >= 0.3 is 12.3 Å². The molecule has 2 radical (unpaired) electrons. The van der Waals surface area contributed by atoms with Crippen molar-refractivity contribution in [1.82, 2.24) is 0 Å². The molecule has 5 heteroatoms. The first-order valence-corrected chi connectivity index (χ1v) is 4.77. The Bertz CT molecular complexity index is 237. The first kappa shape index (κ1) is 12.3. The van der Waals surface area contributed by atoms with E-state index in [1.165, 1.54) is 0 Å². The summed E-state index contributed by atoms with van der Waals surface area (Å²) in [5.41, 5.74) is 0. The molecule has 0 N–H and O–H groups in total. The average molecular weight is 222 g/mol. The maximum Gasteiger partial charge on any atom is 0.575 e. The van der Waals surface area contributed by atoms with Crippen molar-refractivity contribution in [1.29, 1.82) is 0 Å². The van der Waals surface area contributed by atoms with E-state index in [1.54, 1.807) is 6.92 Å². The molecule has 0 bridgehead atoms. The van der Waals surface area contributed by atoms with Crippen molar-refractivity contribution in [2.45, 2.75) is 26.1 Å². The van der Waals surface area contributed by atoms with Gasteiger partial charge in [0.05, 0.1) is 5.92 Å². The smallest absolute Gasteiger partial charge is 0.373 e. The lowest BCUT2D eigenvalue weighted by atomic mass is 9.89. The van der Waals surface area contributed by atoms with Gasteiger partial charge in [-0.2, -0.15) is 0 Å². The zero-order valence-electron chi connectivity index (χ0n) is 8.38. The number of halogens is 3. The highest BCUT2D eigenvalue weighted by atomic mass is 19.4. The van der Waals surface area contributed by atoms with E-state index in [4.69, 9.17) is 0 Å². The Hall–Kier alpha value is -0.740. The van der Waals surface area contributed by atoms with E-state index in [9.17, 15) is 18.0 Å². The average Bonchev–Trinajstić information content (AvgIpc) is 2.43. The van der Waals surface area contributed by atoms with Gasteiger partial charge in [0, 0.05) is 0 Å². The Labute approximate surface area is 86.8 Å². The Morgan fingerprint density at radius 2 is 2.20 bits per heavy atom. The number of ether oxygens (including phenoxy) is 1. The number of alkyl halides is 3. The summed E-state index contributed by atoms with van der Waals surface area (Å²) in [7, 11) is 0. The van der Waals surface area contributed by atoms with Crippen LogP contribution in [-0.2, 0) is 9.53 Å². The number of rotatable bonds is 2. The van der Waals surface area contributed by atoms with Crippen LogP contribution in [0.15, 0.2) is 0 Å². The van der Waals surface area contributed by atoms with Crippen LogP contribution in [0.5, 0.6) is 0 Å². The Kier molecular flexibility index (Phi) is 3.62. The van der Waals surface area contributed by atoms with E-state index in [2.05, 4.69) is 11.7 Å². The van der Waals surface area contributed by atoms with E-state index in [1.807, 2.05) is 6.42 Å². The van der Waals surface area contributed by atoms with Crippen molar-refractivity contribution in [3.05, 3.63) is 13.3 Å². The molecule has 0 aromatic heterocycles. The van der Waals surface area contributed by atoms with Crippen LogP contribution in [0.25, 0.3) is 0 Å². The van der Waals surface area contributed by atoms with E-state index in [-0.39, 0.29) is 11.8 Å². The minimum absolute atomic E-state index is 0.130. The van der Waals surface area contributed by atoms with Gasteiger partial charge in [-0.1, -0.05) is 13.8 Å². The zero-order chi connectivity index (χ0) is 11.6. The van der Waals surface area contributed by atoms with Crippen LogP contribution in [-0.4, -0.2) is 12.3 Å². The summed E-state index contributed by atoms with van der Waals surface area (Å²) in [6.07, 6.45) is -1.97. The minimum Gasteiger partial charge on any atom is -0.373 e. The van der Waals surface area contributed by atoms with Gasteiger partial charge in [0.1, 0.15) is 0 Å². The van der Waals surface area contributed by atoms with Gasteiger partial charge in [-0.15, -0.1) is 13.2 Å². The molecule has 0 aromatic carbocycles. The van der Waals surface area contributed by atoms with Crippen molar-refractivity contribution in [3.63, 3.8) is 0 Å². The predicted molar refractivity (Wildman–Crippen MR) is 47.2 cm³/mol. The molecule has 1 aliphatic rings. The van der Waals surface area contributed by atoms with E-state index in [0.717, 1.165) is 0 Å². The van der Waals surface area contributed by atoms with Gasteiger partial charge in [0.25, 0.3) is 0 Å². The summed E-state index contributed by atoms with van der Waals surface area (Å²) in [5.74, 6) is -2.19. The van der Waals surface area contributed by atoms with Crippen LogP contribution in [0.4, 0.5) is 13.2 Å². The number of hydrogen-bond acceptors (Lipinski definition) is 2. The van der Waals surface area contributed by atoms with Gasteiger partial charge in [-0.25, -0.2) is 0 Å². The molecular weight excluding hydrogens is 209 g/mol. The SMILES string of the molecule is [CH2]CC1C[CH]C(C)C1C(=O)OC(F)(F)F. The van der Waals surface area contributed by atoms with Crippen LogP contribution in [0.3, 0.4) is 0 Å². The van der Waals surface area contributed by atoms with Crippen molar-refractivity contribution < 1.29 is 22.7 Å². The maximum atomic E-state index is 11.8. The van der Waals surface area contributed by atoms with Crippen molar-refractivity contribution in [2.75, 3.05) is 0 Å². The maximum absolute atomic E-state index is 11.8. The lowest BCUT2D eigenvalue weighted by molar-refractivity contribution is -0.308. The Morgan fingerprint density at radius 1 is 1.60 bits per heavy atom. The lowest BCUT2D eigenvalue weighted by Crippen LogP contribution is -2.30. The quantitative estimate of drug-likeness (QED) is 0.671. The molecule has 2 nitrogen and oxygen atoms in total. The molecular formula is C10H13F3O2. The molecule has 0 saturated heterocycles. The van der Waals surface area contributed by atoms with E-state index < -0.39 is 18.2 Å². The first-order valence-electron chi connectivity index (χ1n) is 4.77. The van der Waals surface area contributed by atoms with Crippen LogP contribution >= 0.6 is 0 Å². The van der Waals surface area contributed by atoms with E-state index >= 15 is 0 Å². The number of carbonyl (C=O) groups is 1. The lowest BCUT2D eigenvalue weighted by Gasteiger charge is -2.20. The second-order valence-corrected chi connectivity index (χ2v) is 3.77. The summed E-state index contributed by atoms with van der Waals surface area (Å²) in [6, 6.07) is 0. The van der Waals surface area contributed by atoms with Gasteiger partial charge in [-0.05, 0) is 31.1 Å². The van der Waals surface area contributed by atoms with Crippen molar-refractivity contribution in [3.8, 4) is 0 Å². The predicted octanol–water partition coefficient (Wildman–Crippen LogP) is 2.75. The number of esters is 1. The summed E-state index contributed by atoms with van der Waals surface area (Å²) >= 11 is 0. The third-order valence-electron chi connectivity index (χ3n) is 2.74. The van der Waals surface area contributed by atoms with Crippen LogP contribution in [0.2, 0.25) is 0 Å². The molecule has 1 aliphatic carbocycles. The molecule has 1 fully saturated rings. The summed E-state index contributed by atoms with van der Waals surface area (Å²) in [4.78, 5) is 11.3. The van der Waals surface area contributed by atoms with Gasteiger partial charge in [0.15, 0.2) is 0 Å². The summed E-state index contributed by atoms with van der Waals surface area (Å²) < 4.78 is 39.0. The number of hydrogen-bond donors (Lipinski definition) is 0. The second-order valence-electron chi connectivity index (χ2n) is 3.77. The fraction of sp³-hybridized carbons (Fsp3) is 0.700. The standard InChI is InChI=1S/C10H13F3O2/c1-3-7-5-4-6(2)8(7)9(14)15-10(11,12)13/h4,6-8H,1,3,5H2,2H3. The monoisotopic (exact) mass is 222 g/mol. The fourth-order valence-corrected chi connectivity index (χ4v) is 2.00. The molecule has 0 amide bonds. The normalized spacial score (nSPS) is 31.7.